The fourth-order valence-electron chi connectivity index (χ4n) is 2.10. The number of amides is 2. The number of thioether (sulfide) groups is 1. The average Bonchev–Trinajstić information content (AvgIpc) is 3.09. The minimum Gasteiger partial charge on any atom is -0.478 e. The molecule has 0 spiro atoms. The van der Waals surface area contributed by atoms with Gasteiger partial charge in [0.2, 0.25) is 0 Å². The van der Waals surface area contributed by atoms with E-state index in [0.29, 0.717) is 17.1 Å². The van der Waals surface area contributed by atoms with Crippen LogP contribution >= 0.6 is 23.4 Å². The average molecular weight is 364 g/mol. The summed E-state index contributed by atoms with van der Waals surface area (Å²) in [6, 6.07) is 7.79. The number of benzene rings is 1. The maximum absolute atomic E-state index is 11.8. The number of carbonyl (C=O) groups is 3. The molecule has 0 atom stereocenters. The number of carbonyl (C=O) groups excluding carboxylic acids is 2. The monoisotopic (exact) mass is 363 g/mol. The third-order valence-electron chi connectivity index (χ3n) is 3.37. The molecule has 8 heteroatoms. The SMILES string of the molecule is CN1C(=O)S/C(=C/c2ccc(-c3ccc(C(=O)O)c(Cl)c3)o2)C1=O. The first-order valence-corrected chi connectivity index (χ1v) is 7.91. The molecule has 0 aliphatic carbocycles. The molecule has 1 aliphatic heterocycles. The van der Waals surface area contributed by atoms with Crippen LogP contribution in [0, 0.1) is 0 Å². The first kappa shape index (κ1) is 16.4. The summed E-state index contributed by atoms with van der Waals surface area (Å²) in [6.45, 7) is 0. The molecule has 122 valence electrons. The molecule has 3 rings (SSSR count). The largest absolute Gasteiger partial charge is 0.478 e. The number of carboxylic acid groups (broad SMARTS) is 1. The number of halogens is 1. The molecule has 0 unspecified atom stereocenters. The van der Waals surface area contributed by atoms with Crippen LogP contribution in [0.4, 0.5) is 4.79 Å². The predicted octanol–water partition coefficient (Wildman–Crippen LogP) is 3.96. The molecule has 0 bridgehead atoms. The minimum atomic E-state index is -1.11. The molecule has 1 aromatic carbocycles. The second kappa shape index (κ2) is 6.18. The van der Waals surface area contributed by atoms with Crippen molar-refractivity contribution in [1.29, 1.82) is 0 Å². The lowest BCUT2D eigenvalue weighted by Gasteiger charge is -2.02. The van der Waals surface area contributed by atoms with E-state index in [2.05, 4.69) is 0 Å². The normalized spacial score (nSPS) is 16.2. The van der Waals surface area contributed by atoms with Crippen molar-refractivity contribution in [3.05, 3.63) is 51.6 Å². The molecule has 1 N–H and O–H groups in total. The van der Waals surface area contributed by atoms with Gasteiger partial charge in [0.15, 0.2) is 0 Å². The molecule has 2 aromatic rings. The van der Waals surface area contributed by atoms with Gasteiger partial charge in [-0.1, -0.05) is 17.7 Å². The predicted molar refractivity (Wildman–Crippen MR) is 89.8 cm³/mol. The first-order chi connectivity index (χ1) is 11.4. The number of carboxylic acids is 1. The maximum Gasteiger partial charge on any atom is 0.337 e. The van der Waals surface area contributed by atoms with Crippen LogP contribution in [0.3, 0.4) is 0 Å². The Kier molecular flexibility index (Phi) is 4.21. The summed E-state index contributed by atoms with van der Waals surface area (Å²) in [5.74, 6) is -0.614. The van der Waals surface area contributed by atoms with Gasteiger partial charge < -0.3 is 9.52 Å². The van der Waals surface area contributed by atoms with Crippen molar-refractivity contribution < 1.29 is 23.9 Å². The van der Waals surface area contributed by atoms with E-state index >= 15 is 0 Å². The molecule has 0 radical (unpaired) electrons. The van der Waals surface area contributed by atoms with E-state index in [1.807, 2.05) is 0 Å². The Labute approximate surface area is 145 Å². The quantitative estimate of drug-likeness (QED) is 0.830. The van der Waals surface area contributed by atoms with Crippen LogP contribution in [0.2, 0.25) is 5.02 Å². The fraction of sp³-hybridized carbons (Fsp3) is 0.0625. The Bertz CT molecular complexity index is 902. The molecule has 0 saturated carbocycles. The lowest BCUT2D eigenvalue weighted by Crippen LogP contribution is -2.22. The van der Waals surface area contributed by atoms with Crippen LogP contribution < -0.4 is 0 Å². The highest BCUT2D eigenvalue weighted by molar-refractivity contribution is 8.18. The molecule has 2 amide bonds. The second-order valence-corrected chi connectivity index (χ2v) is 6.34. The third kappa shape index (κ3) is 2.95. The van der Waals surface area contributed by atoms with E-state index in [-0.39, 0.29) is 26.6 Å². The number of nitrogens with zero attached hydrogens (tertiary/aromatic N) is 1. The molecule has 2 heterocycles. The van der Waals surface area contributed by atoms with Gasteiger partial charge in [-0.25, -0.2) is 4.79 Å². The number of rotatable bonds is 3. The molecular formula is C16H10ClNO5S. The van der Waals surface area contributed by atoms with Crippen LogP contribution in [-0.2, 0) is 4.79 Å². The van der Waals surface area contributed by atoms with Gasteiger partial charge in [0, 0.05) is 18.7 Å². The summed E-state index contributed by atoms with van der Waals surface area (Å²) in [5.41, 5.74) is 0.608. The van der Waals surface area contributed by atoms with E-state index in [0.717, 1.165) is 16.7 Å². The molecule has 1 aromatic heterocycles. The van der Waals surface area contributed by atoms with Crippen LogP contribution in [0.25, 0.3) is 17.4 Å². The second-order valence-electron chi connectivity index (χ2n) is 4.94. The van der Waals surface area contributed by atoms with Crippen molar-refractivity contribution in [3.8, 4) is 11.3 Å². The maximum atomic E-state index is 11.8. The number of furan rings is 1. The van der Waals surface area contributed by atoms with Crippen molar-refractivity contribution in [2.24, 2.45) is 0 Å². The first-order valence-electron chi connectivity index (χ1n) is 6.71. The lowest BCUT2D eigenvalue weighted by atomic mass is 10.1. The van der Waals surface area contributed by atoms with Gasteiger partial charge in [-0.3, -0.25) is 14.5 Å². The van der Waals surface area contributed by atoms with Gasteiger partial charge in [0.25, 0.3) is 11.1 Å². The smallest absolute Gasteiger partial charge is 0.337 e. The van der Waals surface area contributed by atoms with Gasteiger partial charge in [0.1, 0.15) is 11.5 Å². The molecule has 1 aliphatic rings. The van der Waals surface area contributed by atoms with Crippen LogP contribution in [0.1, 0.15) is 16.1 Å². The summed E-state index contributed by atoms with van der Waals surface area (Å²) in [6.07, 6.45) is 1.49. The van der Waals surface area contributed by atoms with Crippen LogP contribution in [0.5, 0.6) is 0 Å². The number of hydrogen-bond donors (Lipinski definition) is 1. The summed E-state index contributed by atoms with van der Waals surface area (Å²) in [5, 5.41) is 8.74. The highest BCUT2D eigenvalue weighted by Crippen LogP contribution is 2.33. The summed E-state index contributed by atoms with van der Waals surface area (Å²) in [4.78, 5) is 35.6. The standard InChI is InChI=1S/C16H10ClNO5S/c1-18-14(19)13(24-16(18)22)7-9-3-5-12(23-9)8-2-4-10(15(20)21)11(17)6-8/h2-7H,1H3,(H,20,21)/b13-7+. The fourth-order valence-corrected chi connectivity index (χ4v) is 3.17. The Morgan fingerprint density at radius 2 is 2.04 bits per heavy atom. The zero-order valence-electron chi connectivity index (χ0n) is 12.3. The van der Waals surface area contributed by atoms with E-state index < -0.39 is 5.97 Å². The Balaban J connectivity index is 1.89. The van der Waals surface area contributed by atoms with Crippen molar-refractivity contribution >= 4 is 46.6 Å². The van der Waals surface area contributed by atoms with Crippen molar-refractivity contribution in [2.75, 3.05) is 7.05 Å². The van der Waals surface area contributed by atoms with Gasteiger partial charge in [-0.2, -0.15) is 0 Å². The Morgan fingerprint density at radius 1 is 1.29 bits per heavy atom. The molecular weight excluding hydrogens is 354 g/mol. The highest BCUT2D eigenvalue weighted by atomic mass is 35.5. The van der Waals surface area contributed by atoms with Crippen LogP contribution in [0.15, 0.2) is 39.7 Å². The topological polar surface area (TPSA) is 87.8 Å². The Hall–Kier alpha value is -2.51. The molecule has 1 fully saturated rings. The van der Waals surface area contributed by atoms with Crippen molar-refractivity contribution in [3.63, 3.8) is 0 Å². The Morgan fingerprint density at radius 3 is 2.62 bits per heavy atom. The van der Waals surface area contributed by atoms with Gasteiger partial charge in [0.05, 0.1) is 15.5 Å². The van der Waals surface area contributed by atoms with Crippen molar-refractivity contribution in [1.82, 2.24) is 4.90 Å². The van der Waals surface area contributed by atoms with Gasteiger partial charge in [-0.05, 0) is 36.0 Å². The molecule has 1 saturated heterocycles. The minimum absolute atomic E-state index is 0.00353. The number of imide groups is 1. The molecule has 24 heavy (non-hydrogen) atoms. The number of hydrogen-bond acceptors (Lipinski definition) is 5. The third-order valence-corrected chi connectivity index (χ3v) is 4.64. The van der Waals surface area contributed by atoms with E-state index in [4.69, 9.17) is 21.1 Å². The van der Waals surface area contributed by atoms with Crippen LogP contribution in [-0.4, -0.2) is 34.2 Å². The summed E-state index contributed by atoms with van der Waals surface area (Å²) in [7, 11) is 1.41. The molecule has 6 nitrogen and oxygen atoms in total. The zero-order chi connectivity index (χ0) is 17.4. The van der Waals surface area contributed by atoms with E-state index in [1.165, 1.54) is 25.3 Å². The number of aromatic carboxylic acids is 1. The van der Waals surface area contributed by atoms with Crippen molar-refractivity contribution in [2.45, 2.75) is 0 Å². The number of likely N-dealkylation sites (N-methyl/N-ethyl adjacent to an activating group) is 1. The summed E-state index contributed by atoms with van der Waals surface area (Å²) >= 11 is 6.79. The van der Waals surface area contributed by atoms with Gasteiger partial charge >= 0.3 is 5.97 Å². The van der Waals surface area contributed by atoms with E-state index in [9.17, 15) is 14.4 Å². The van der Waals surface area contributed by atoms with E-state index in [1.54, 1.807) is 18.2 Å². The lowest BCUT2D eigenvalue weighted by molar-refractivity contribution is -0.121. The summed E-state index contributed by atoms with van der Waals surface area (Å²) < 4.78 is 5.63. The zero-order valence-corrected chi connectivity index (χ0v) is 13.9. The van der Waals surface area contributed by atoms with Gasteiger partial charge in [-0.15, -0.1) is 0 Å². The highest BCUT2D eigenvalue weighted by Gasteiger charge is 2.32.